The van der Waals surface area contributed by atoms with Crippen molar-refractivity contribution in [3.8, 4) is 0 Å². The number of piperidine rings is 1. The van der Waals surface area contributed by atoms with Gasteiger partial charge in [-0.05, 0) is 50.9 Å². The second-order valence-corrected chi connectivity index (χ2v) is 5.36. The largest absolute Gasteiger partial charge is 0.342 e. The lowest BCUT2D eigenvalue weighted by Crippen LogP contribution is -2.44. The molecule has 2 atom stereocenters. The molecule has 0 spiro atoms. The van der Waals surface area contributed by atoms with E-state index in [-0.39, 0.29) is 36.6 Å². The van der Waals surface area contributed by atoms with Crippen molar-refractivity contribution in [1.82, 2.24) is 15.2 Å². The first-order valence-corrected chi connectivity index (χ1v) is 7.05. The summed E-state index contributed by atoms with van der Waals surface area (Å²) in [5.74, 6) is 0.722. The second-order valence-electron chi connectivity index (χ2n) is 5.36. The second kappa shape index (κ2) is 9.98. The fourth-order valence-electron chi connectivity index (χ4n) is 2.77. The molecule has 2 rings (SSSR count). The zero-order valence-corrected chi connectivity index (χ0v) is 14.3. The van der Waals surface area contributed by atoms with Crippen molar-refractivity contribution in [2.45, 2.75) is 25.7 Å². The normalized spacial score (nSPS) is 19.1. The number of rotatable bonds is 4. The Kier molecular flexibility index (Phi) is 9.58. The van der Waals surface area contributed by atoms with E-state index in [4.69, 9.17) is 0 Å². The Labute approximate surface area is 139 Å². The summed E-state index contributed by atoms with van der Waals surface area (Å²) in [7, 11) is 1.97. The van der Waals surface area contributed by atoms with Crippen LogP contribution < -0.4 is 5.32 Å². The lowest BCUT2D eigenvalue weighted by molar-refractivity contribution is -0.134. The third-order valence-corrected chi connectivity index (χ3v) is 3.88. The summed E-state index contributed by atoms with van der Waals surface area (Å²) in [6.45, 7) is 4.74. The molecule has 1 aromatic rings. The average molecular weight is 334 g/mol. The molecule has 1 N–H and O–H groups in total. The first-order chi connectivity index (χ1) is 9.22. The molecule has 0 aromatic carbocycles. The molecule has 1 aliphatic rings. The zero-order chi connectivity index (χ0) is 13.7. The van der Waals surface area contributed by atoms with Crippen molar-refractivity contribution in [3.63, 3.8) is 0 Å². The summed E-state index contributed by atoms with van der Waals surface area (Å²) in [5.41, 5.74) is 1.00. The van der Waals surface area contributed by atoms with E-state index in [2.05, 4.69) is 10.3 Å². The summed E-state index contributed by atoms with van der Waals surface area (Å²) in [5, 5.41) is 3.21. The van der Waals surface area contributed by atoms with Gasteiger partial charge < -0.3 is 10.2 Å². The van der Waals surface area contributed by atoms with Gasteiger partial charge in [0.2, 0.25) is 5.91 Å². The smallest absolute Gasteiger partial charge is 0.229 e. The Morgan fingerprint density at radius 2 is 2.29 bits per heavy atom. The Morgan fingerprint density at radius 1 is 1.52 bits per heavy atom. The highest BCUT2D eigenvalue weighted by molar-refractivity contribution is 5.85. The Balaban J connectivity index is 0.00000200. The SMILES string of the molecule is CNCC1CCCN(C(=O)C(C)c2cccnc2)C1.Cl.Cl. The molecule has 2 unspecified atom stereocenters. The van der Waals surface area contributed by atoms with Crippen molar-refractivity contribution in [3.05, 3.63) is 30.1 Å². The third-order valence-electron chi connectivity index (χ3n) is 3.88. The van der Waals surface area contributed by atoms with Gasteiger partial charge in [0.1, 0.15) is 0 Å². The van der Waals surface area contributed by atoms with E-state index in [0.717, 1.165) is 31.6 Å². The van der Waals surface area contributed by atoms with E-state index in [0.29, 0.717) is 5.92 Å². The molecule has 0 bridgehead atoms. The van der Waals surface area contributed by atoms with E-state index in [1.165, 1.54) is 6.42 Å². The number of nitrogens with one attached hydrogen (secondary N) is 1. The average Bonchev–Trinajstić information content (AvgIpc) is 2.47. The van der Waals surface area contributed by atoms with Gasteiger partial charge in [0, 0.05) is 25.5 Å². The fraction of sp³-hybridized carbons (Fsp3) is 0.600. The van der Waals surface area contributed by atoms with Gasteiger partial charge >= 0.3 is 0 Å². The quantitative estimate of drug-likeness (QED) is 0.920. The number of aromatic nitrogens is 1. The van der Waals surface area contributed by atoms with Crippen LogP contribution in [0, 0.1) is 5.92 Å². The highest BCUT2D eigenvalue weighted by atomic mass is 35.5. The molecule has 1 aliphatic heterocycles. The molecule has 1 saturated heterocycles. The van der Waals surface area contributed by atoms with Crippen LogP contribution in [0.2, 0.25) is 0 Å². The standard InChI is InChI=1S/C15H23N3O.2ClH/c1-12(14-6-3-7-17-10-14)15(19)18-8-4-5-13(11-18)9-16-2;;/h3,6-7,10,12-13,16H,4-5,8-9,11H2,1-2H3;2*1H. The van der Waals surface area contributed by atoms with Crippen LogP contribution in [0.15, 0.2) is 24.5 Å². The number of pyridine rings is 1. The van der Waals surface area contributed by atoms with Gasteiger partial charge in [-0.1, -0.05) is 6.07 Å². The number of carbonyl (C=O) groups excluding carboxylic acids is 1. The summed E-state index contributed by atoms with van der Waals surface area (Å²) >= 11 is 0. The molecule has 0 radical (unpaired) electrons. The number of amides is 1. The van der Waals surface area contributed by atoms with Crippen molar-refractivity contribution < 1.29 is 4.79 Å². The number of halogens is 2. The van der Waals surface area contributed by atoms with Crippen molar-refractivity contribution in [2.24, 2.45) is 5.92 Å². The minimum Gasteiger partial charge on any atom is -0.342 e. The van der Waals surface area contributed by atoms with Crippen molar-refractivity contribution in [1.29, 1.82) is 0 Å². The molecule has 1 fully saturated rings. The maximum absolute atomic E-state index is 12.5. The lowest BCUT2D eigenvalue weighted by Gasteiger charge is -2.34. The van der Waals surface area contributed by atoms with Crippen LogP contribution in [0.3, 0.4) is 0 Å². The van der Waals surface area contributed by atoms with Crippen LogP contribution in [0.4, 0.5) is 0 Å². The molecule has 120 valence electrons. The van der Waals surface area contributed by atoms with Gasteiger partial charge in [0.25, 0.3) is 0 Å². The maximum Gasteiger partial charge on any atom is 0.229 e. The monoisotopic (exact) mass is 333 g/mol. The van der Waals surface area contributed by atoms with Crippen LogP contribution in [0.25, 0.3) is 0 Å². The molecule has 2 heterocycles. The van der Waals surface area contributed by atoms with Gasteiger partial charge in [-0.25, -0.2) is 0 Å². The number of likely N-dealkylation sites (tertiary alicyclic amines) is 1. The van der Waals surface area contributed by atoms with Crippen molar-refractivity contribution in [2.75, 3.05) is 26.7 Å². The molecule has 21 heavy (non-hydrogen) atoms. The van der Waals surface area contributed by atoms with Crippen LogP contribution in [-0.2, 0) is 4.79 Å². The van der Waals surface area contributed by atoms with Crippen LogP contribution in [0.1, 0.15) is 31.2 Å². The van der Waals surface area contributed by atoms with E-state index in [1.807, 2.05) is 31.0 Å². The number of nitrogens with zero attached hydrogens (tertiary/aromatic N) is 2. The van der Waals surface area contributed by atoms with Crippen LogP contribution in [0.5, 0.6) is 0 Å². The van der Waals surface area contributed by atoms with Gasteiger partial charge in [-0.15, -0.1) is 24.8 Å². The minimum atomic E-state index is -0.0953. The zero-order valence-electron chi connectivity index (χ0n) is 12.6. The van der Waals surface area contributed by atoms with E-state index in [1.54, 1.807) is 12.4 Å². The molecular weight excluding hydrogens is 309 g/mol. The van der Waals surface area contributed by atoms with Gasteiger partial charge in [0.05, 0.1) is 5.92 Å². The highest BCUT2D eigenvalue weighted by Crippen LogP contribution is 2.22. The molecule has 0 saturated carbocycles. The topological polar surface area (TPSA) is 45.2 Å². The van der Waals surface area contributed by atoms with E-state index >= 15 is 0 Å². The summed E-state index contributed by atoms with van der Waals surface area (Å²) in [6, 6.07) is 3.86. The van der Waals surface area contributed by atoms with Crippen molar-refractivity contribution >= 4 is 30.7 Å². The Morgan fingerprint density at radius 3 is 2.90 bits per heavy atom. The summed E-state index contributed by atoms with van der Waals surface area (Å²) < 4.78 is 0. The Hall–Kier alpha value is -0.840. The predicted molar refractivity (Wildman–Crippen MR) is 90.4 cm³/mol. The van der Waals surface area contributed by atoms with Gasteiger partial charge in [-0.2, -0.15) is 0 Å². The molecule has 6 heteroatoms. The minimum absolute atomic E-state index is 0. The molecular formula is C15H25Cl2N3O. The first-order valence-electron chi connectivity index (χ1n) is 7.05. The molecule has 1 aromatic heterocycles. The number of carbonyl (C=O) groups is 1. The number of hydrogen-bond donors (Lipinski definition) is 1. The van der Waals surface area contributed by atoms with Gasteiger partial charge in [0.15, 0.2) is 0 Å². The predicted octanol–water partition coefficient (Wildman–Crippen LogP) is 2.49. The third kappa shape index (κ3) is 5.46. The van der Waals surface area contributed by atoms with E-state index < -0.39 is 0 Å². The fourth-order valence-corrected chi connectivity index (χ4v) is 2.77. The molecule has 4 nitrogen and oxygen atoms in total. The molecule has 0 aliphatic carbocycles. The molecule has 1 amide bonds. The van der Waals surface area contributed by atoms with Crippen LogP contribution >= 0.6 is 24.8 Å². The number of hydrogen-bond acceptors (Lipinski definition) is 3. The maximum atomic E-state index is 12.5. The first kappa shape index (κ1) is 20.2. The van der Waals surface area contributed by atoms with Crippen LogP contribution in [-0.4, -0.2) is 42.5 Å². The summed E-state index contributed by atoms with van der Waals surface area (Å²) in [4.78, 5) is 18.6. The summed E-state index contributed by atoms with van der Waals surface area (Å²) in [6.07, 6.45) is 5.85. The van der Waals surface area contributed by atoms with Gasteiger partial charge in [-0.3, -0.25) is 9.78 Å². The Bertz CT molecular complexity index is 415. The lowest BCUT2D eigenvalue weighted by atomic mass is 9.95. The van der Waals surface area contributed by atoms with E-state index in [9.17, 15) is 4.79 Å². The highest BCUT2D eigenvalue weighted by Gasteiger charge is 2.27.